The molecule has 0 aliphatic carbocycles. The third kappa shape index (κ3) is 1.73. The van der Waals surface area contributed by atoms with Crippen LogP contribution in [0.1, 0.15) is 5.69 Å². The first kappa shape index (κ1) is 9.79. The van der Waals surface area contributed by atoms with Crippen molar-refractivity contribution in [3.05, 3.63) is 47.8 Å². The number of aromatic nitrogens is 2. The van der Waals surface area contributed by atoms with Crippen LogP contribution < -0.4 is 5.73 Å². The highest BCUT2D eigenvalue weighted by molar-refractivity contribution is 5.34. The van der Waals surface area contributed by atoms with Crippen LogP contribution in [0.25, 0.3) is 5.69 Å². The molecule has 1 aromatic carbocycles. The van der Waals surface area contributed by atoms with E-state index < -0.39 is 11.6 Å². The largest absolute Gasteiger partial charge is 0.325 e. The van der Waals surface area contributed by atoms with Crippen molar-refractivity contribution in [2.24, 2.45) is 5.73 Å². The molecule has 78 valence electrons. The molecule has 0 atom stereocenters. The molecule has 0 bridgehead atoms. The predicted octanol–water partition coefficient (Wildman–Crippen LogP) is 1.61. The van der Waals surface area contributed by atoms with E-state index in [1.54, 1.807) is 6.07 Å². The number of rotatable bonds is 2. The van der Waals surface area contributed by atoms with Crippen LogP contribution in [0.2, 0.25) is 0 Å². The molecule has 1 aromatic heterocycles. The summed E-state index contributed by atoms with van der Waals surface area (Å²) in [6.45, 7) is 0.218. The van der Waals surface area contributed by atoms with Crippen LogP contribution in [-0.4, -0.2) is 9.78 Å². The standard InChI is InChI=1S/C10H9F2N3/c11-7-1-2-9(12)10(5-7)15-8(6-13)3-4-14-15/h1-5H,6,13H2. The second kappa shape index (κ2) is 3.78. The first-order valence-corrected chi connectivity index (χ1v) is 4.41. The summed E-state index contributed by atoms with van der Waals surface area (Å²) >= 11 is 0. The van der Waals surface area contributed by atoms with Gasteiger partial charge in [0, 0.05) is 18.8 Å². The van der Waals surface area contributed by atoms with Gasteiger partial charge in [-0.2, -0.15) is 5.10 Å². The second-order valence-electron chi connectivity index (χ2n) is 3.03. The summed E-state index contributed by atoms with van der Waals surface area (Å²) < 4.78 is 27.6. The molecule has 0 spiro atoms. The SMILES string of the molecule is NCc1ccnn1-c1cc(F)ccc1F. The smallest absolute Gasteiger partial charge is 0.149 e. The summed E-state index contributed by atoms with van der Waals surface area (Å²) in [5.74, 6) is -1.04. The van der Waals surface area contributed by atoms with Crippen LogP contribution in [0, 0.1) is 11.6 Å². The number of hydrogen-bond acceptors (Lipinski definition) is 2. The average molecular weight is 209 g/mol. The van der Waals surface area contributed by atoms with E-state index in [1.807, 2.05) is 0 Å². The Hall–Kier alpha value is -1.75. The molecule has 1 heterocycles. The lowest BCUT2D eigenvalue weighted by Crippen LogP contribution is -2.08. The minimum absolute atomic E-state index is 0.0699. The topological polar surface area (TPSA) is 43.8 Å². The van der Waals surface area contributed by atoms with E-state index in [0.717, 1.165) is 18.2 Å². The molecular formula is C10H9F2N3. The maximum Gasteiger partial charge on any atom is 0.149 e. The molecular weight excluding hydrogens is 200 g/mol. The molecule has 5 heteroatoms. The lowest BCUT2D eigenvalue weighted by atomic mass is 10.3. The van der Waals surface area contributed by atoms with E-state index in [4.69, 9.17) is 5.73 Å². The molecule has 2 N–H and O–H groups in total. The molecule has 0 saturated carbocycles. The van der Waals surface area contributed by atoms with Gasteiger partial charge < -0.3 is 5.73 Å². The zero-order chi connectivity index (χ0) is 10.8. The number of hydrogen-bond donors (Lipinski definition) is 1. The summed E-state index contributed by atoms with van der Waals surface area (Å²) in [4.78, 5) is 0. The van der Waals surface area contributed by atoms with Crippen molar-refractivity contribution in [2.45, 2.75) is 6.54 Å². The summed E-state index contributed by atoms with van der Waals surface area (Å²) in [6.07, 6.45) is 1.49. The summed E-state index contributed by atoms with van der Waals surface area (Å²) in [5, 5.41) is 3.89. The van der Waals surface area contributed by atoms with Gasteiger partial charge in [0.2, 0.25) is 0 Å². The number of halogens is 2. The van der Waals surface area contributed by atoms with E-state index in [-0.39, 0.29) is 12.2 Å². The Balaban J connectivity index is 2.58. The zero-order valence-electron chi connectivity index (χ0n) is 7.82. The van der Waals surface area contributed by atoms with E-state index in [9.17, 15) is 8.78 Å². The average Bonchev–Trinajstić information content (AvgIpc) is 2.69. The Labute approximate surface area is 85.1 Å². The first-order chi connectivity index (χ1) is 7.22. The molecule has 0 fully saturated rings. The third-order valence-corrected chi connectivity index (χ3v) is 2.07. The van der Waals surface area contributed by atoms with Crippen LogP contribution >= 0.6 is 0 Å². The lowest BCUT2D eigenvalue weighted by molar-refractivity contribution is 0.583. The lowest BCUT2D eigenvalue weighted by Gasteiger charge is -2.06. The Morgan fingerprint density at radius 2 is 2.07 bits per heavy atom. The fraction of sp³-hybridized carbons (Fsp3) is 0.100. The number of nitrogens with zero attached hydrogens (tertiary/aromatic N) is 2. The first-order valence-electron chi connectivity index (χ1n) is 4.41. The van der Waals surface area contributed by atoms with Crippen molar-refractivity contribution in [3.8, 4) is 5.69 Å². The van der Waals surface area contributed by atoms with Crippen molar-refractivity contribution in [1.82, 2.24) is 9.78 Å². The van der Waals surface area contributed by atoms with Crippen molar-refractivity contribution in [2.75, 3.05) is 0 Å². The Morgan fingerprint density at radius 3 is 2.80 bits per heavy atom. The third-order valence-electron chi connectivity index (χ3n) is 2.07. The van der Waals surface area contributed by atoms with E-state index >= 15 is 0 Å². The van der Waals surface area contributed by atoms with Gasteiger partial charge in [-0.25, -0.2) is 13.5 Å². The molecule has 2 aromatic rings. The van der Waals surface area contributed by atoms with E-state index in [2.05, 4.69) is 5.10 Å². The monoisotopic (exact) mass is 209 g/mol. The Bertz CT molecular complexity index is 479. The molecule has 3 nitrogen and oxygen atoms in total. The molecule has 0 unspecified atom stereocenters. The molecule has 0 radical (unpaired) electrons. The highest BCUT2D eigenvalue weighted by Gasteiger charge is 2.09. The normalized spacial score (nSPS) is 10.6. The van der Waals surface area contributed by atoms with Gasteiger partial charge in [0.15, 0.2) is 0 Å². The van der Waals surface area contributed by atoms with Crippen molar-refractivity contribution in [1.29, 1.82) is 0 Å². The van der Waals surface area contributed by atoms with Gasteiger partial charge in [0.1, 0.15) is 17.3 Å². The van der Waals surface area contributed by atoms with E-state index in [1.165, 1.54) is 10.9 Å². The van der Waals surface area contributed by atoms with E-state index in [0.29, 0.717) is 5.69 Å². The van der Waals surface area contributed by atoms with Gasteiger partial charge >= 0.3 is 0 Å². The Kier molecular flexibility index (Phi) is 2.47. The van der Waals surface area contributed by atoms with Crippen LogP contribution in [0.5, 0.6) is 0 Å². The molecule has 15 heavy (non-hydrogen) atoms. The highest BCUT2D eigenvalue weighted by Crippen LogP contribution is 2.15. The van der Waals surface area contributed by atoms with Crippen LogP contribution in [0.3, 0.4) is 0 Å². The minimum atomic E-state index is -0.533. The number of nitrogens with two attached hydrogens (primary N) is 1. The summed E-state index contributed by atoms with van der Waals surface area (Å²) in [7, 11) is 0. The van der Waals surface area contributed by atoms with Gasteiger partial charge in [-0.1, -0.05) is 0 Å². The molecule has 0 saturated heterocycles. The Morgan fingerprint density at radius 1 is 1.27 bits per heavy atom. The molecule has 0 aliphatic heterocycles. The van der Waals surface area contributed by atoms with Gasteiger partial charge in [-0.15, -0.1) is 0 Å². The van der Waals surface area contributed by atoms with Crippen LogP contribution in [-0.2, 0) is 6.54 Å². The van der Waals surface area contributed by atoms with Crippen molar-refractivity contribution < 1.29 is 8.78 Å². The van der Waals surface area contributed by atoms with Gasteiger partial charge in [0.05, 0.1) is 5.69 Å². The molecule has 0 amide bonds. The zero-order valence-corrected chi connectivity index (χ0v) is 7.82. The summed E-state index contributed by atoms with van der Waals surface area (Å²) in [6, 6.07) is 4.86. The fourth-order valence-corrected chi connectivity index (χ4v) is 1.35. The molecule has 0 aliphatic rings. The quantitative estimate of drug-likeness (QED) is 0.816. The fourth-order valence-electron chi connectivity index (χ4n) is 1.35. The van der Waals surface area contributed by atoms with Crippen LogP contribution in [0.4, 0.5) is 8.78 Å². The highest BCUT2D eigenvalue weighted by atomic mass is 19.1. The van der Waals surface area contributed by atoms with Gasteiger partial charge in [0.25, 0.3) is 0 Å². The minimum Gasteiger partial charge on any atom is -0.325 e. The van der Waals surface area contributed by atoms with Crippen molar-refractivity contribution in [3.63, 3.8) is 0 Å². The predicted molar refractivity (Wildman–Crippen MR) is 51.4 cm³/mol. The van der Waals surface area contributed by atoms with Gasteiger partial charge in [-0.05, 0) is 18.2 Å². The summed E-state index contributed by atoms with van der Waals surface area (Å²) in [5.41, 5.74) is 6.14. The van der Waals surface area contributed by atoms with Gasteiger partial charge in [-0.3, -0.25) is 0 Å². The maximum atomic E-state index is 13.4. The second-order valence-corrected chi connectivity index (χ2v) is 3.03. The van der Waals surface area contributed by atoms with Crippen molar-refractivity contribution >= 4 is 0 Å². The molecule has 2 rings (SSSR count). The van der Waals surface area contributed by atoms with Crippen LogP contribution in [0.15, 0.2) is 30.5 Å². The maximum absolute atomic E-state index is 13.4. The number of benzene rings is 1.